The van der Waals surface area contributed by atoms with Crippen molar-refractivity contribution < 1.29 is 4.79 Å². The summed E-state index contributed by atoms with van der Waals surface area (Å²) >= 11 is 1.58. The summed E-state index contributed by atoms with van der Waals surface area (Å²) in [7, 11) is 0. The number of rotatable bonds is 3. The molecule has 0 aromatic carbocycles. The molecule has 1 atom stereocenters. The van der Waals surface area contributed by atoms with Crippen molar-refractivity contribution >= 4 is 22.4 Å². The van der Waals surface area contributed by atoms with Gasteiger partial charge in [-0.05, 0) is 37.8 Å². The molecule has 2 aromatic rings. The molecule has 122 valence electrons. The summed E-state index contributed by atoms with van der Waals surface area (Å²) in [4.78, 5) is 16.9. The predicted molar refractivity (Wildman–Crippen MR) is 90.0 cm³/mol. The van der Waals surface area contributed by atoms with Crippen LogP contribution in [-0.2, 0) is 4.79 Å². The van der Waals surface area contributed by atoms with Crippen molar-refractivity contribution in [2.24, 2.45) is 5.92 Å². The van der Waals surface area contributed by atoms with Crippen molar-refractivity contribution in [3.05, 3.63) is 24.5 Å². The fourth-order valence-electron chi connectivity index (χ4n) is 3.45. The number of hydrogen-bond acceptors (Lipinski definition) is 5. The van der Waals surface area contributed by atoms with E-state index in [2.05, 4.69) is 15.1 Å². The normalized spacial score (nSPS) is 21.8. The number of aromatic nitrogens is 3. The van der Waals surface area contributed by atoms with E-state index in [1.54, 1.807) is 11.3 Å². The van der Waals surface area contributed by atoms with E-state index in [0.29, 0.717) is 5.91 Å². The Balaban J connectivity index is 1.46. The zero-order chi connectivity index (χ0) is 15.6. The maximum atomic E-state index is 12.6. The van der Waals surface area contributed by atoms with E-state index in [9.17, 15) is 4.79 Å². The fraction of sp³-hybridized carbons (Fsp3) is 0.562. The summed E-state index contributed by atoms with van der Waals surface area (Å²) in [6.45, 7) is 3.61. The first kappa shape index (κ1) is 14.7. The van der Waals surface area contributed by atoms with Crippen LogP contribution in [0, 0.1) is 5.92 Å². The molecule has 0 unspecified atom stereocenters. The van der Waals surface area contributed by atoms with Crippen molar-refractivity contribution in [2.45, 2.75) is 25.7 Å². The number of anilines is 1. The first-order valence-corrected chi connectivity index (χ1v) is 9.13. The number of hydrogen-bond donors (Lipinski definition) is 0. The van der Waals surface area contributed by atoms with Gasteiger partial charge in [0.25, 0.3) is 0 Å². The molecular weight excluding hydrogens is 310 g/mol. The number of amides is 1. The molecule has 2 aromatic heterocycles. The van der Waals surface area contributed by atoms with E-state index in [4.69, 9.17) is 0 Å². The first-order valence-electron chi connectivity index (χ1n) is 8.32. The van der Waals surface area contributed by atoms with Crippen molar-refractivity contribution in [2.75, 3.05) is 31.1 Å². The molecule has 2 fully saturated rings. The average Bonchev–Trinajstić information content (AvgIpc) is 3.36. The first-order chi connectivity index (χ1) is 11.3. The average molecular weight is 331 g/mol. The van der Waals surface area contributed by atoms with Crippen molar-refractivity contribution in [3.63, 3.8) is 0 Å². The Morgan fingerprint density at radius 2 is 1.78 bits per heavy atom. The number of piperidine rings is 1. The Hall–Kier alpha value is -1.89. The summed E-state index contributed by atoms with van der Waals surface area (Å²) < 4.78 is 1.97. The molecule has 7 heteroatoms. The van der Waals surface area contributed by atoms with Crippen LogP contribution >= 0.6 is 11.3 Å². The zero-order valence-electron chi connectivity index (χ0n) is 13.1. The number of carbonyl (C=O) groups excluding carboxylic acids is 1. The van der Waals surface area contributed by atoms with Crippen LogP contribution in [0.1, 0.15) is 25.7 Å². The SMILES string of the molecule is O=C([C@@H]1CCCN(c2nnc(-n3cccc3)s2)C1)N1CCCC1. The third-order valence-corrected chi connectivity index (χ3v) is 5.69. The maximum Gasteiger partial charge on any atom is 0.227 e. The summed E-state index contributed by atoms with van der Waals surface area (Å²) in [6.07, 6.45) is 8.29. The van der Waals surface area contributed by atoms with Crippen molar-refractivity contribution in [1.29, 1.82) is 0 Å². The van der Waals surface area contributed by atoms with Gasteiger partial charge in [-0.1, -0.05) is 11.3 Å². The largest absolute Gasteiger partial charge is 0.346 e. The molecule has 1 amide bonds. The van der Waals surface area contributed by atoms with Crippen LogP contribution in [0.5, 0.6) is 0 Å². The van der Waals surface area contributed by atoms with Gasteiger partial charge in [-0.3, -0.25) is 9.36 Å². The minimum absolute atomic E-state index is 0.112. The van der Waals surface area contributed by atoms with Gasteiger partial charge in [0.2, 0.25) is 16.2 Å². The summed E-state index contributed by atoms with van der Waals surface area (Å²) in [5.74, 6) is 0.447. The highest BCUT2D eigenvalue weighted by molar-refractivity contribution is 7.17. The van der Waals surface area contributed by atoms with Gasteiger partial charge in [-0.2, -0.15) is 0 Å². The summed E-state index contributed by atoms with van der Waals surface area (Å²) in [5.41, 5.74) is 0. The van der Waals surface area contributed by atoms with Crippen LogP contribution in [0.4, 0.5) is 5.13 Å². The minimum atomic E-state index is 0.112. The molecule has 0 saturated carbocycles. The topological polar surface area (TPSA) is 54.3 Å². The highest BCUT2D eigenvalue weighted by atomic mass is 32.1. The lowest BCUT2D eigenvalue weighted by Crippen LogP contribution is -2.44. The highest BCUT2D eigenvalue weighted by Crippen LogP contribution is 2.29. The minimum Gasteiger partial charge on any atom is -0.346 e. The third kappa shape index (κ3) is 2.97. The Morgan fingerprint density at radius 1 is 1.04 bits per heavy atom. The number of nitrogens with zero attached hydrogens (tertiary/aromatic N) is 5. The van der Waals surface area contributed by atoms with Gasteiger partial charge in [0, 0.05) is 38.6 Å². The molecule has 4 rings (SSSR count). The second-order valence-corrected chi connectivity index (χ2v) is 7.21. The van der Waals surface area contributed by atoms with E-state index in [0.717, 1.165) is 62.1 Å². The van der Waals surface area contributed by atoms with Gasteiger partial charge in [-0.15, -0.1) is 10.2 Å². The quantitative estimate of drug-likeness (QED) is 0.865. The Labute approximate surface area is 139 Å². The highest BCUT2D eigenvalue weighted by Gasteiger charge is 2.31. The molecule has 2 aliphatic heterocycles. The van der Waals surface area contributed by atoms with Crippen molar-refractivity contribution in [3.8, 4) is 5.13 Å². The number of carbonyl (C=O) groups is 1. The molecule has 0 N–H and O–H groups in total. The Bertz CT molecular complexity index is 662. The monoisotopic (exact) mass is 331 g/mol. The van der Waals surface area contributed by atoms with Crippen LogP contribution in [0.3, 0.4) is 0 Å². The maximum absolute atomic E-state index is 12.6. The molecule has 0 spiro atoms. The van der Waals surface area contributed by atoms with E-state index >= 15 is 0 Å². The van der Waals surface area contributed by atoms with E-state index in [-0.39, 0.29) is 5.92 Å². The Morgan fingerprint density at radius 3 is 2.57 bits per heavy atom. The van der Waals surface area contributed by atoms with Gasteiger partial charge in [0.15, 0.2) is 0 Å². The summed E-state index contributed by atoms with van der Waals surface area (Å²) in [5, 5.41) is 10.4. The number of likely N-dealkylation sites (tertiary alicyclic amines) is 1. The molecule has 2 aliphatic rings. The van der Waals surface area contributed by atoms with E-state index in [1.807, 2.05) is 34.0 Å². The van der Waals surface area contributed by atoms with Crippen LogP contribution in [0.2, 0.25) is 0 Å². The van der Waals surface area contributed by atoms with E-state index < -0.39 is 0 Å². The van der Waals surface area contributed by atoms with Crippen LogP contribution in [0.15, 0.2) is 24.5 Å². The molecular formula is C16H21N5OS. The lowest BCUT2D eigenvalue weighted by molar-refractivity contribution is -0.134. The molecule has 0 aliphatic carbocycles. The molecule has 4 heterocycles. The van der Waals surface area contributed by atoms with Gasteiger partial charge in [0.1, 0.15) is 0 Å². The molecule has 23 heavy (non-hydrogen) atoms. The second kappa shape index (κ2) is 6.31. The standard InChI is InChI=1S/C16H21N5OS/c22-14(19-7-1-2-8-19)13-6-5-11-21(12-13)16-18-17-15(23-16)20-9-3-4-10-20/h3-4,9-10,13H,1-2,5-8,11-12H2/t13-/m1/s1. The van der Waals surface area contributed by atoms with Crippen molar-refractivity contribution in [1.82, 2.24) is 19.7 Å². The van der Waals surface area contributed by atoms with Crippen LogP contribution < -0.4 is 4.90 Å². The zero-order valence-corrected chi connectivity index (χ0v) is 13.9. The van der Waals surface area contributed by atoms with Gasteiger partial charge >= 0.3 is 0 Å². The van der Waals surface area contributed by atoms with E-state index in [1.165, 1.54) is 0 Å². The van der Waals surface area contributed by atoms with Gasteiger partial charge in [-0.25, -0.2) is 0 Å². The fourth-order valence-corrected chi connectivity index (χ4v) is 4.30. The van der Waals surface area contributed by atoms with Gasteiger partial charge in [0.05, 0.1) is 5.92 Å². The molecule has 6 nitrogen and oxygen atoms in total. The second-order valence-electron chi connectivity index (χ2n) is 6.28. The van der Waals surface area contributed by atoms with Crippen LogP contribution in [0.25, 0.3) is 5.13 Å². The summed E-state index contributed by atoms with van der Waals surface area (Å²) in [6, 6.07) is 3.96. The predicted octanol–water partition coefficient (Wildman–Crippen LogP) is 2.17. The van der Waals surface area contributed by atoms with Crippen LogP contribution in [-0.4, -0.2) is 51.8 Å². The molecule has 0 radical (unpaired) electrons. The molecule has 2 saturated heterocycles. The lowest BCUT2D eigenvalue weighted by Gasteiger charge is -2.33. The Kier molecular flexibility index (Phi) is 4.03. The smallest absolute Gasteiger partial charge is 0.227 e. The lowest BCUT2D eigenvalue weighted by atomic mass is 9.97. The van der Waals surface area contributed by atoms with Gasteiger partial charge < -0.3 is 9.80 Å². The molecule has 0 bridgehead atoms. The third-order valence-electron chi connectivity index (χ3n) is 4.69.